The SMILES string of the molecule is C[C@@]1(NCC(=O)N2C[C@@H](F)CC2C#N)C[C@H]2C[C@@H](OCC3CC3)C[C@H]2C1. The Kier molecular flexibility index (Phi) is 4.96. The van der Waals surface area contributed by atoms with E-state index in [1.165, 1.54) is 17.7 Å². The van der Waals surface area contributed by atoms with Crippen molar-refractivity contribution >= 4 is 5.91 Å². The quantitative estimate of drug-likeness (QED) is 0.787. The molecule has 4 aliphatic rings. The third-order valence-electron chi connectivity index (χ3n) is 6.87. The lowest BCUT2D eigenvalue weighted by atomic mass is 9.95. The summed E-state index contributed by atoms with van der Waals surface area (Å²) in [7, 11) is 0. The van der Waals surface area contributed by atoms with Crippen LogP contribution in [0.15, 0.2) is 0 Å². The Hall–Kier alpha value is -1.19. The molecule has 0 bridgehead atoms. The van der Waals surface area contributed by atoms with E-state index in [2.05, 4.69) is 12.2 Å². The van der Waals surface area contributed by atoms with Crippen molar-refractivity contribution < 1.29 is 13.9 Å². The first-order chi connectivity index (χ1) is 12.5. The fourth-order valence-corrected chi connectivity index (χ4v) is 5.31. The highest BCUT2D eigenvalue weighted by Crippen LogP contribution is 2.49. The van der Waals surface area contributed by atoms with Gasteiger partial charge in [-0.05, 0) is 63.2 Å². The van der Waals surface area contributed by atoms with Crippen LogP contribution in [0.25, 0.3) is 0 Å². The van der Waals surface area contributed by atoms with E-state index in [0.29, 0.717) is 17.9 Å². The Morgan fingerprint density at radius 1 is 1.31 bits per heavy atom. The van der Waals surface area contributed by atoms with Gasteiger partial charge in [-0.15, -0.1) is 0 Å². The number of alkyl halides is 1. The molecule has 0 radical (unpaired) electrons. The number of halogens is 1. The Morgan fingerprint density at radius 3 is 2.62 bits per heavy atom. The minimum Gasteiger partial charge on any atom is -0.378 e. The molecule has 26 heavy (non-hydrogen) atoms. The van der Waals surface area contributed by atoms with E-state index < -0.39 is 12.2 Å². The maximum Gasteiger partial charge on any atom is 0.237 e. The summed E-state index contributed by atoms with van der Waals surface area (Å²) in [4.78, 5) is 13.8. The van der Waals surface area contributed by atoms with Crippen LogP contribution < -0.4 is 5.32 Å². The number of nitrogens with zero attached hydrogens (tertiary/aromatic N) is 2. The Balaban J connectivity index is 1.23. The fraction of sp³-hybridized carbons (Fsp3) is 0.900. The maximum absolute atomic E-state index is 13.5. The van der Waals surface area contributed by atoms with E-state index in [4.69, 9.17) is 10.00 Å². The van der Waals surface area contributed by atoms with Gasteiger partial charge in [0.2, 0.25) is 5.91 Å². The van der Waals surface area contributed by atoms with Crippen LogP contribution in [0.5, 0.6) is 0 Å². The third-order valence-corrected chi connectivity index (χ3v) is 6.87. The molecule has 0 aromatic rings. The smallest absolute Gasteiger partial charge is 0.237 e. The van der Waals surface area contributed by atoms with E-state index in [9.17, 15) is 9.18 Å². The van der Waals surface area contributed by atoms with Crippen molar-refractivity contribution in [2.45, 2.75) is 75.7 Å². The first-order valence-corrected chi connectivity index (χ1v) is 10.2. The van der Waals surface area contributed by atoms with Gasteiger partial charge in [-0.25, -0.2) is 4.39 Å². The van der Waals surface area contributed by atoms with E-state index in [-0.39, 0.29) is 31.0 Å². The summed E-state index contributed by atoms with van der Waals surface area (Å²) in [6.07, 6.45) is 6.61. The second-order valence-corrected chi connectivity index (χ2v) is 9.24. The van der Waals surface area contributed by atoms with E-state index in [1.54, 1.807) is 0 Å². The Morgan fingerprint density at radius 2 is 2.00 bits per heavy atom. The molecule has 1 heterocycles. The minimum atomic E-state index is -1.07. The lowest BCUT2D eigenvalue weighted by Crippen LogP contribution is -2.48. The van der Waals surface area contributed by atoms with Gasteiger partial charge in [-0.1, -0.05) is 0 Å². The number of likely N-dealkylation sites (tertiary alicyclic amines) is 1. The van der Waals surface area contributed by atoms with Crippen molar-refractivity contribution in [1.82, 2.24) is 10.2 Å². The van der Waals surface area contributed by atoms with Crippen LogP contribution in [0.1, 0.15) is 51.9 Å². The molecule has 1 aliphatic heterocycles. The second kappa shape index (κ2) is 7.09. The number of hydrogen-bond acceptors (Lipinski definition) is 4. The van der Waals surface area contributed by atoms with Crippen molar-refractivity contribution in [2.24, 2.45) is 17.8 Å². The molecule has 4 rings (SSSR count). The zero-order valence-corrected chi connectivity index (χ0v) is 15.6. The molecule has 0 spiro atoms. The number of nitriles is 1. The maximum atomic E-state index is 13.5. The molecule has 3 saturated carbocycles. The molecule has 3 aliphatic carbocycles. The van der Waals surface area contributed by atoms with E-state index in [0.717, 1.165) is 38.2 Å². The average molecular weight is 363 g/mol. The molecule has 1 unspecified atom stereocenters. The zero-order valence-electron chi connectivity index (χ0n) is 15.6. The van der Waals surface area contributed by atoms with Gasteiger partial charge < -0.3 is 15.0 Å². The number of hydrogen-bond donors (Lipinski definition) is 1. The summed E-state index contributed by atoms with van der Waals surface area (Å²) >= 11 is 0. The molecule has 1 N–H and O–H groups in total. The van der Waals surface area contributed by atoms with Crippen LogP contribution in [0.3, 0.4) is 0 Å². The summed E-state index contributed by atoms with van der Waals surface area (Å²) < 4.78 is 19.6. The monoisotopic (exact) mass is 363 g/mol. The number of nitrogens with one attached hydrogen (secondary N) is 1. The predicted molar refractivity (Wildman–Crippen MR) is 94.9 cm³/mol. The number of amides is 1. The van der Waals surface area contributed by atoms with Crippen molar-refractivity contribution in [3.63, 3.8) is 0 Å². The van der Waals surface area contributed by atoms with Gasteiger partial charge in [-0.3, -0.25) is 4.79 Å². The standard InChI is InChI=1S/C20H30FN3O2/c1-20(23-10-19(25)24-11-16(21)6-17(24)9-22)7-14-4-18(5-15(14)8-20)26-12-13-2-3-13/h13-18,23H,2-8,10-12H2,1H3/t14-,15+,16-,17?,18-,20-/m0/s1. The van der Waals surface area contributed by atoms with E-state index in [1.807, 2.05) is 6.07 Å². The van der Waals surface area contributed by atoms with E-state index >= 15 is 0 Å². The molecule has 4 fully saturated rings. The predicted octanol–water partition coefficient (Wildman–Crippen LogP) is 2.41. The van der Waals surface area contributed by atoms with Crippen LogP contribution in [0, 0.1) is 29.1 Å². The highest BCUT2D eigenvalue weighted by Gasteiger charge is 2.48. The molecular weight excluding hydrogens is 333 g/mol. The first-order valence-electron chi connectivity index (χ1n) is 10.2. The zero-order chi connectivity index (χ0) is 18.3. The van der Waals surface area contributed by atoms with Crippen LogP contribution >= 0.6 is 0 Å². The molecule has 0 aromatic heterocycles. The summed E-state index contributed by atoms with van der Waals surface area (Å²) in [5.41, 5.74) is -0.0383. The van der Waals surface area contributed by atoms with Crippen molar-refractivity contribution in [3.05, 3.63) is 0 Å². The highest BCUT2D eigenvalue weighted by molar-refractivity contribution is 5.79. The van der Waals surface area contributed by atoms with Gasteiger partial charge in [0.15, 0.2) is 0 Å². The van der Waals surface area contributed by atoms with Gasteiger partial charge in [0.1, 0.15) is 12.2 Å². The van der Waals surface area contributed by atoms with Gasteiger partial charge >= 0.3 is 0 Å². The average Bonchev–Trinajstić information content (AvgIpc) is 3.14. The number of rotatable bonds is 6. The summed E-state index contributed by atoms with van der Waals surface area (Å²) in [6.45, 7) is 3.39. The molecule has 144 valence electrons. The van der Waals surface area contributed by atoms with Gasteiger partial charge in [0.05, 0.1) is 25.3 Å². The first kappa shape index (κ1) is 18.2. The van der Waals surface area contributed by atoms with Crippen molar-refractivity contribution in [3.8, 4) is 6.07 Å². The number of ether oxygens (including phenoxy) is 1. The lowest BCUT2D eigenvalue weighted by Gasteiger charge is -2.29. The third kappa shape index (κ3) is 3.89. The Labute approximate surface area is 155 Å². The van der Waals surface area contributed by atoms with Crippen LogP contribution in [-0.2, 0) is 9.53 Å². The molecular formula is C20H30FN3O2. The van der Waals surface area contributed by atoms with Crippen molar-refractivity contribution in [2.75, 3.05) is 19.7 Å². The largest absolute Gasteiger partial charge is 0.378 e. The van der Waals surface area contributed by atoms with Gasteiger partial charge in [0.25, 0.3) is 0 Å². The fourth-order valence-electron chi connectivity index (χ4n) is 5.31. The molecule has 6 heteroatoms. The van der Waals surface area contributed by atoms with Crippen LogP contribution in [-0.4, -0.2) is 54.4 Å². The molecule has 1 saturated heterocycles. The molecule has 0 aromatic carbocycles. The second-order valence-electron chi connectivity index (χ2n) is 9.24. The minimum absolute atomic E-state index is 0.0383. The van der Waals surface area contributed by atoms with Crippen molar-refractivity contribution in [1.29, 1.82) is 5.26 Å². The highest BCUT2D eigenvalue weighted by atomic mass is 19.1. The lowest BCUT2D eigenvalue weighted by molar-refractivity contribution is -0.130. The Bertz CT molecular complexity index is 574. The van der Waals surface area contributed by atoms with Crippen LogP contribution in [0.2, 0.25) is 0 Å². The number of fused-ring (bicyclic) bond motifs is 1. The molecule has 6 atom stereocenters. The normalized spacial score (nSPS) is 42.0. The molecule has 1 amide bonds. The summed E-state index contributed by atoms with van der Waals surface area (Å²) in [5, 5.41) is 12.5. The molecule has 5 nitrogen and oxygen atoms in total. The van der Waals surface area contributed by atoms with Crippen LogP contribution in [0.4, 0.5) is 4.39 Å². The summed E-state index contributed by atoms with van der Waals surface area (Å²) in [5.74, 6) is 2.03. The topological polar surface area (TPSA) is 65.4 Å². The van der Waals surface area contributed by atoms with Gasteiger partial charge in [-0.2, -0.15) is 5.26 Å². The number of carbonyl (C=O) groups is 1. The van der Waals surface area contributed by atoms with Gasteiger partial charge in [0, 0.05) is 18.6 Å². The summed E-state index contributed by atoms with van der Waals surface area (Å²) in [6, 6.07) is 1.44. The number of carbonyl (C=O) groups excluding carboxylic acids is 1.